The number of aromatic carboxylic acids is 2. The number of nitriles is 2. The van der Waals surface area contributed by atoms with Crippen LogP contribution in [0.1, 0.15) is 122 Å². The molecule has 8 rings (SSSR count). The number of aromatic nitrogens is 4. The lowest BCUT2D eigenvalue weighted by Crippen LogP contribution is -2.32. The number of hydrogen-bond donors (Lipinski definition) is 3. The molecule has 23 heteroatoms. The molecule has 4 aromatic heterocycles. The zero-order chi connectivity index (χ0) is 63.1. The van der Waals surface area contributed by atoms with Gasteiger partial charge in [-0.25, -0.2) is 27.2 Å². The minimum absolute atomic E-state index is 0.0125. The predicted octanol–water partition coefficient (Wildman–Crippen LogP) is 9.78. The maximum atomic E-state index is 13.0. The van der Waals surface area contributed by atoms with Crippen LogP contribution in [0.2, 0.25) is 0 Å². The summed E-state index contributed by atoms with van der Waals surface area (Å²) in [5, 5.41) is 36.9. The van der Waals surface area contributed by atoms with Crippen LogP contribution in [-0.2, 0) is 0 Å². The van der Waals surface area contributed by atoms with Crippen LogP contribution in [0.3, 0.4) is 0 Å². The number of ketones is 2. The number of Topliss-reactive ketones (excluding diaryl/α,β-unsaturated/α-hetero) is 2. The number of carboxylic acid groups (broad SMARTS) is 2. The van der Waals surface area contributed by atoms with Gasteiger partial charge in [0.2, 0.25) is 0 Å². The maximum Gasteiger partial charge on any atom is 0.341 e. The molecule has 0 unspecified atom stereocenters. The fraction of sp³-hybridized carbons (Fsp3) is 0.164. The van der Waals surface area contributed by atoms with Crippen molar-refractivity contribution in [1.82, 2.24) is 18.3 Å². The molecule has 1 amide bonds. The topological polar surface area (TPSA) is 287 Å². The monoisotopic (exact) mass is 1210 g/mol. The Balaban J connectivity index is 0.000000205. The lowest BCUT2D eigenvalue weighted by molar-refractivity contribution is 0.0682. The van der Waals surface area contributed by atoms with Crippen LogP contribution in [0.5, 0.6) is 0 Å². The number of halogens is 5. The first-order chi connectivity index (χ1) is 39.4. The fourth-order valence-electron chi connectivity index (χ4n) is 9.33. The summed E-state index contributed by atoms with van der Waals surface area (Å²) in [5.41, 5.74) is 6.61. The van der Waals surface area contributed by atoms with E-state index < -0.39 is 68.9 Å². The first kappa shape index (κ1) is 64.4. The average molecular weight is 1210 g/mol. The molecule has 0 bridgehead atoms. The Morgan fingerprint density at radius 3 is 0.940 bits per heavy atom. The minimum atomic E-state index is -1.46. The van der Waals surface area contributed by atoms with E-state index in [2.05, 4.69) is 15.9 Å². The van der Waals surface area contributed by atoms with Crippen LogP contribution in [0.25, 0.3) is 22.7 Å². The van der Waals surface area contributed by atoms with Crippen LogP contribution < -0.4 is 28.0 Å². The zero-order valence-corrected chi connectivity index (χ0v) is 48.0. The molecule has 4 N–H and O–H groups in total. The molecule has 4 heterocycles. The van der Waals surface area contributed by atoms with Crippen molar-refractivity contribution in [3.8, 4) is 34.9 Å². The first-order valence-electron chi connectivity index (χ1n) is 24.7. The number of pyridine rings is 4. The quantitative estimate of drug-likeness (QED) is 0.0897. The molecule has 0 radical (unpaired) electrons. The fourth-order valence-corrected chi connectivity index (χ4v) is 9.71. The molecule has 0 atom stereocenters. The van der Waals surface area contributed by atoms with Gasteiger partial charge < -0.3 is 15.9 Å². The summed E-state index contributed by atoms with van der Waals surface area (Å²) >= 11 is 3.41. The van der Waals surface area contributed by atoms with E-state index in [1.54, 1.807) is 34.6 Å². The van der Waals surface area contributed by atoms with Crippen molar-refractivity contribution < 1.29 is 51.7 Å². The SMILES string of the molecule is CC(=O)c1c(C)c(Br)c(C)n(-c2ccc(F)cc2)c1=O.CC(=O)c1c(C)c(C#N)c(C)n(-c2ccc(F)cc2)c1=O.Cc1c(C#N)c(C)n(-c2ccc(F)cc2)c(=O)c1C(=O)O.Cc1c(C(N)=O)c(C)n(-c2ccc(F)cc2)c(=O)c1C(=O)O. The molecule has 0 aliphatic rings. The van der Waals surface area contributed by atoms with E-state index in [1.165, 1.54) is 117 Å². The van der Waals surface area contributed by atoms with Gasteiger partial charge in [0.05, 0.1) is 27.8 Å². The van der Waals surface area contributed by atoms with E-state index in [0.29, 0.717) is 49.7 Å². The van der Waals surface area contributed by atoms with Crippen molar-refractivity contribution in [3.05, 3.63) is 250 Å². The van der Waals surface area contributed by atoms with Crippen molar-refractivity contribution in [1.29, 1.82) is 10.5 Å². The van der Waals surface area contributed by atoms with Crippen molar-refractivity contribution >= 4 is 45.3 Å². The summed E-state index contributed by atoms with van der Waals surface area (Å²) in [6.07, 6.45) is 0. The number of hydrogen-bond acceptors (Lipinski definition) is 11. The number of nitrogens with two attached hydrogens (primary N) is 1. The molecule has 430 valence electrons. The Morgan fingerprint density at radius 2 is 0.667 bits per heavy atom. The van der Waals surface area contributed by atoms with E-state index in [9.17, 15) is 81.4 Å². The van der Waals surface area contributed by atoms with Gasteiger partial charge in [-0.1, -0.05) is 0 Å². The van der Waals surface area contributed by atoms with E-state index in [-0.39, 0.29) is 67.5 Å². The van der Waals surface area contributed by atoms with Gasteiger partial charge in [-0.05, 0) is 204 Å². The van der Waals surface area contributed by atoms with Gasteiger partial charge >= 0.3 is 11.9 Å². The summed E-state index contributed by atoms with van der Waals surface area (Å²) in [4.78, 5) is 108. The normalized spacial score (nSPS) is 10.4. The van der Waals surface area contributed by atoms with E-state index in [0.717, 1.165) is 33.4 Å². The van der Waals surface area contributed by atoms with Gasteiger partial charge in [-0.2, -0.15) is 10.5 Å². The van der Waals surface area contributed by atoms with E-state index in [1.807, 2.05) is 12.1 Å². The highest BCUT2D eigenvalue weighted by molar-refractivity contribution is 9.10. The minimum Gasteiger partial charge on any atom is -0.477 e. The molecule has 0 aliphatic carbocycles. The molecule has 84 heavy (non-hydrogen) atoms. The molecule has 4 aromatic carbocycles. The Bertz CT molecular complexity index is 4220. The third-order valence-electron chi connectivity index (χ3n) is 13.3. The van der Waals surface area contributed by atoms with Gasteiger partial charge in [0.25, 0.3) is 28.1 Å². The molecule has 18 nitrogen and oxygen atoms in total. The largest absolute Gasteiger partial charge is 0.477 e. The molecule has 0 aliphatic heterocycles. The highest BCUT2D eigenvalue weighted by Crippen LogP contribution is 2.26. The van der Waals surface area contributed by atoms with Crippen LogP contribution in [0, 0.1) is 101 Å². The van der Waals surface area contributed by atoms with Crippen LogP contribution in [0.4, 0.5) is 17.6 Å². The number of carbonyl (C=O) groups excluding carboxylic acids is 3. The molecule has 0 spiro atoms. The molecular weight excluding hydrogens is 1160 g/mol. The van der Waals surface area contributed by atoms with Crippen molar-refractivity contribution in [3.63, 3.8) is 0 Å². The summed E-state index contributed by atoms with van der Waals surface area (Å²) in [6, 6.07) is 24.7. The van der Waals surface area contributed by atoms with Gasteiger partial charge in [0, 0.05) is 50.0 Å². The third-order valence-corrected chi connectivity index (χ3v) is 14.5. The third kappa shape index (κ3) is 13.0. The molecule has 0 saturated carbocycles. The smallest absolute Gasteiger partial charge is 0.341 e. The molecular formula is C61H50BrF4N7O11. The predicted molar refractivity (Wildman–Crippen MR) is 305 cm³/mol. The molecule has 8 aromatic rings. The molecule has 0 fully saturated rings. The standard InChI is InChI=1S/C16H13FN2O2.C15H13BrFNO2.C15H13FN2O4.C15H11FN2O3/c1-9-14(8-18)10(2)19(16(21)15(9)11(3)20)13-6-4-12(17)5-7-13;1-8-13(10(3)19)15(20)18(9(2)14(8)16)12-6-4-11(17)5-7-12;1-7-11(13(17)19)8(2)18(14(20)12(7)15(21)22)10-5-3-9(16)4-6-10;1-8-12(7-17)9(2)18(14(19)13(8)15(20)21)11-5-3-10(16)4-6-11/h4-7H,1-3H3;4-7H,1-3H3;3-6H,1-2H3,(H2,17,19)(H,21,22);3-6H,1-2H3,(H,20,21). The van der Waals surface area contributed by atoms with Crippen LogP contribution in [-0.4, -0.2) is 57.9 Å². The van der Waals surface area contributed by atoms with Gasteiger partial charge in [-0.3, -0.25) is 51.8 Å². The van der Waals surface area contributed by atoms with Crippen LogP contribution >= 0.6 is 15.9 Å². The Hall–Kier alpha value is -10.4. The highest BCUT2D eigenvalue weighted by atomic mass is 79.9. The molecule has 0 saturated heterocycles. The highest BCUT2D eigenvalue weighted by Gasteiger charge is 2.26. The summed E-state index contributed by atoms with van der Waals surface area (Å²) < 4.78 is 57.6. The second-order valence-corrected chi connectivity index (χ2v) is 19.4. The van der Waals surface area contributed by atoms with Crippen molar-refractivity contribution in [2.24, 2.45) is 5.73 Å². The first-order valence-corrected chi connectivity index (χ1v) is 25.5. The second-order valence-electron chi connectivity index (χ2n) is 18.6. The Kier molecular flexibility index (Phi) is 20.3. The number of carboxylic acids is 2. The number of amides is 1. The number of carbonyl (C=O) groups is 5. The lowest BCUT2D eigenvalue weighted by Gasteiger charge is -2.16. The van der Waals surface area contributed by atoms with E-state index >= 15 is 0 Å². The summed E-state index contributed by atoms with van der Waals surface area (Å²) in [6.45, 7) is 15.1. The maximum absolute atomic E-state index is 13.0. The van der Waals surface area contributed by atoms with Crippen LogP contribution in [0.15, 0.2) is 121 Å². The lowest BCUT2D eigenvalue weighted by atomic mass is 10.00. The van der Waals surface area contributed by atoms with Gasteiger partial charge in [0.15, 0.2) is 11.6 Å². The van der Waals surface area contributed by atoms with Gasteiger partial charge in [-0.15, -0.1) is 0 Å². The average Bonchev–Trinajstić information content (AvgIpc) is 3.61. The number of nitrogens with zero attached hydrogens (tertiary/aromatic N) is 6. The Morgan fingerprint density at radius 1 is 0.417 bits per heavy atom. The van der Waals surface area contributed by atoms with Crippen molar-refractivity contribution in [2.75, 3.05) is 0 Å². The summed E-state index contributed by atoms with van der Waals surface area (Å²) in [5.74, 6) is -6.17. The number of benzene rings is 4. The van der Waals surface area contributed by atoms with Gasteiger partial charge in [0.1, 0.15) is 46.5 Å². The number of rotatable bonds is 9. The summed E-state index contributed by atoms with van der Waals surface area (Å²) in [7, 11) is 0. The second kappa shape index (κ2) is 26.5. The Labute approximate surface area is 483 Å². The number of primary amides is 1. The van der Waals surface area contributed by atoms with Crippen molar-refractivity contribution in [2.45, 2.75) is 69.2 Å². The van der Waals surface area contributed by atoms with E-state index in [4.69, 9.17) is 5.73 Å². The zero-order valence-electron chi connectivity index (χ0n) is 46.5.